The van der Waals surface area contributed by atoms with E-state index in [2.05, 4.69) is 16.2 Å². The van der Waals surface area contributed by atoms with Crippen LogP contribution in [0.3, 0.4) is 0 Å². The molecule has 5 rings (SSSR count). The quantitative estimate of drug-likeness (QED) is 0.142. The lowest BCUT2D eigenvalue weighted by atomic mass is 9.82. The van der Waals surface area contributed by atoms with Crippen LogP contribution < -0.4 is 9.47 Å². The first-order chi connectivity index (χ1) is 22.0. The van der Waals surface area contributed by atoms with Crippen LogP contribution in [0.4, 0.5) is 19.4 Å². The Morgan fingerprint density at radius 2 is 2.00 bits per heavy atom. The van der Waals surface area contributed by atoms with Gasteiger partial charge in [-0.1, -0.05) is 25.1 Å². The number of nitrogens with zero attached hydrogens (tertiary/aromatic N) is 7. The van der Waals surface area contributed by atoms with Gasteiger partial charge in [-0.05, 0) is 36.4 Å². The molecule has 0 saturated heterocycles. The fourth-order valence-electron chi connectivity index (χ4n) is 4.89. The topological polar surface area (TPSA) is 121 Å². The minimum Gasteiger partial charge on any atom is -0.412 e. The minimum absolute atomic E-state index is 0.156. The van der Waals surface area contributed by atoms with Crippen molar-refractivity contribution >= 4 is 34.8 Å². The van der Waals surface area contributed by atoms with Crippen molar-refractivity contribution in [2.75, 3.05) is 11.9 Å². The highest BCUT2D eigenvalue weighted by Crippen LogP contribution is 2.41. The van der Waals surface area contributed by atoms with E-state index in [0.717, 1.165) is 23.8 Å². The molecule has 1 N–H and O–H groups in total. The van der Waals surface area contributed by atoms with Crippen LogP contribution in [0.2, 0.25) is 0 Å². The molecule has 2 aromatic carbocycles. The number of hydrogen-bond donors (Lipinski definition) is 1. The van der Waals surface area contributed by atoms with E-state index in [0.29, 0.717) is 27.6 Å². The number of pyridine rings is 1. The molecule has 10 nitrogen and oxygen atoms in total. The molecule has 0 aliphatic rings. The predicted octanol–water partition coefficient (Wildman–Crippen LogP) is 6.06. The van der Waals surface area contributed by atoms with Gasteiger partial charge in [-0.25, -0.2) is 23.5 Å². The maximum atomic E-state index is 15.3. The van der Waals surface area contributed by atoms with Crippen molar-refractivity contribution in [1.82, 2.24) is 19.7 Å². The van der Waals surface area contributed by atoms with E-state index in [4.69, 9.17) is 26.6 Å². The average molecular weight is 665 g/mol. The number of carbonyl (C=O) groups is 1. The van der Waals surface area contributed by atoms with Gasteiger partial charge < -0.3 is 9.84 Å². The van der Waals surface area contributed by atoms with Crippen molar-refractivity contribution in [2.45, 2.75) is 44.0 Å². The number of nitriles is 1. The molecule has 1 unspecified atom stereocenters. The summed E-state index contributed by atoms with van der Waals surface area (Å²) in [6.07, 6.45) is 2.90. The van der Waals surface area contributed by atoms with Gasteiger partial charge in [-0.2, -0.15) is 9.83 Å². The molecule has 3 aromatic heterocycles. The summed E-state index contributed by atoms with van der Waals surface area (Å²) >= 11 is 7.25. The zero-order chi connectivity index (χ0) is 33.0. The van der Waals surface area contributed by atoms with Crippen molar-refractivity contribution in [3.8, 4) is 17.3 Å². The van der Waals surface area contributed by atoms with Crippen molar-refractivity contribution in [3.05, 3.63) is 112 Å². The van der Waals surface area contributed by atoms with Crippen LogP contribution in [0, 0.1) is 23.0 Å². The molecule has 236 valence electrons. The number of carbonyl (C=O) groups excluding carboxylic acids is 1. The number of halogens is 3. The molecular formula is C32H29ClF2N7O3S+. The standard InChI is InChI=1S/C32H29ClF2N7O3S/c1-20(30-39-28(16-46-30)23-8-6-22(15-36)7-9-23)32(44,26-13-25(34)10-11-27(26)35)17-42-19-41(18-38-42)21(2)45-31(43)40(3)29-24(14-33)5-4-12-37-29/h4-13,16,18-21,44H,14,17H2,1-3H3/q+1/t20-,21?,32+/m0/s1. The molecule has 0 fully saturated rings. The Balaban J connectivity index is 1.40. The van der Waals surface area contributed by atoms with E-state index in [1.54, 1.807) is 61.8 Å². The summed E-state index contributed by atoms with van der Waals surface area (Å²) in [5, 5.41) is 27.9. The van der Waals surface area contributed by atoms with Gasteiger partial charge in [0.2, 0.25) is 12.6 Å². The number of amides is 1. The first kappa shape index (κ1) is 32.6. The fraction of sp³-hybridized carbons (Fsp3) is 0.250. The third-order valence-corrected chi connectivity index (χ3v) is 8.93. The molecule has 14 heteroatoms. The van der Waals surface area contributed by atoms with E-state index in [9.17, 15) is 14.3 Å². The summed E-state index contributed by atoms with van der Waals surface area (Å²) in [6, 6.07) is 15.3. The number of aliphatic hydroxyl groups is 1. The van der Waals surface area contributed by atoms with Gasteiger partial charge in [0, 0.05) is 53.3 Å². The largest absolute Gasteiger partial charge is 0.418 e. The molecule has 46 heavy (non-hydrogen) atoms. The number of benzene rings is 2. The van der Waals surface area contributed by atoms with Crippen LogP contribution in [0.15, 0.2) is 78.8 Å². The summed E-state index contributed by atoms with van der Waals surface area (Å²) in [7, 11) is 1.52. The van der Waals surface area contributed by atoms with E-state index in [1.165, 1.54) is 45.2 Å². The molecule has 0 radical (unpaired) electrons. The molecule has 0 bridgehead atoms. The van der Waals surface area contributed by atoms with Crippen LogP contribution in [-0.2, 0) is 22.8 Å². The predicted molar refractivity (Wildman–Crippen MR) is 167 cm³/mol. The van der Waals surface area contributed by atoms with Crippen molar-refractivity contribution in [2.24, 2.45) is 0 Å². The maximum Gasteiger partial charge on any atom is 0.418 e. The number of rotatable bonds is 10. The van der Waals surface area contributed by atoms with Gasteiger partial charge in [0.05, 0.1) is 28.2 Å². The fourth-order valence-corrected chi connectivity index (χ4v) is 6.07. The van der Waals surface area contributed by atoms with Crippen LogP contribution in [-0.4, -0.2) is 38.0 Å². The third kappa shape index (κ3) is 6.74. The molecule has 0 aliphatic carbocycles. The van der Waals surface area contributed by atoms with Crippen LogP contribution >= 0.6 is 22.9 Å². The highest BCUT2D eigenvalue weighted by molar-refractivity contribution is 7.10. The highest BCUT2D eigenvalue weighted by atomic mass is 35.5. The lowest BCUT2D eigenvalue weighted by Gasteiger charge is -2.32. The van der Waals surface area contributed by atoms with Gasteiger partial charge in [0.25, 0.3) is 6.33 Å². The van der Waals surface area contributed by atoms with Crippen molar-refractivity contribution in [3.63, 3.8) is 0 Å². The lowest BCUT2D eigenvalue weighted by Crippen LogP contribution is -2.42. The van der Waals surface area contributed by atoms with Gasteiger partial charge >= 0.3 is 6.09 Å². The zero-order valence-corrected chi connectivity index (χ0v) is 26.6. The SMILES string of the molecule is CC(OC(=O)N(C)c1ncccc1CCl)[n+]1cnn(C[C@](O)(c2cc(F)ccc2F)[C@@H](C)c2nc(-c3ccc(C#N)cc3)cs2)c1. The van der Waals surface area contributed by atoms with Gasteiger partial charge in [0.15, 0.2) is 0 Å². The third-order valence-electron chi connectivity index (χ3n) is 7.61. The summed E-state index contributed by atoms with van der Waals surface area (Å²) in [4.78, 5) is 23.1. The number of hydrogen-bond acceptors (Lipinski definition) is 8. The van der Waals surface area contributed by atoms with Crippen LogP contribution in [0.25, 0.3) is 11.3 Å². The van der Waals surface area contributed by atoms with Gasteiger partial charge in [-0.3, -0.25) is 4.90 Å². The Hall–Kier alpha value is -4.77. The Labute approximate surface area is 272 Å². The van der Waals surface area contributed by atoms with Crippen LogP contribution in [0.5, 0.6) is 0 Å². The van der Waals surface area contributed by atoms with Gasteiger partial charge in [0.1, 0.15) is 29.6 Å². The number of alkyl halides is 1. The minimum atomic E-state index is -2.01. The first-order valence-corrected chi connectivity index (χ1v) is 15.5. The smallest absolute Gasteiger partial charge is 0.412 e. The first-order valence-electron chi connectivity index (χ1n) is 14.0. The number of aromatic nitrogens is 5. The Kier molecular flexibility index (Phi) is 9.71. The summed E-state index contributed by atoms with van der Waals surface area (Å²) in [5.41, 5.74) is 0.262. The summed E-state index contributed by atoms with van der Waals surface area (Å²) in [6.45, 7) is 3.01. The molecule has 3 atom stereocenters. The zero-order valence-electron chi connectivity index (χ0n) is 25.0. The Morgan fingerprint density at radius 1 is 1.24 bits per heavy atom. The second kappa shape index (κ2) is 13.7. The second-order valence-electron chi connectivity index (χ2n) is 10.6. The Bertz CT molecular complexity index is 1900. The van der Waals surface area contributed by atoms with E-state index >= 15 is 4.39 Å². The lowest BCUT2D eigenvalue weighted by molar-refractivity contribution is -0.753. The summed E-state index contributed by atoms with van der Waals surface area (Å²) in [5.74, 6) is -1.82. The number of anilines is 1. The van der Waals surface area contributed by atoms with Gasteiger partial charge in [-0.15, -0.1) is 27.6 Å². The number of thiazole rings is 1. The molecule has 0 aliphatic heterocycles. The van der Waals surface area contributed by atoms with E-state index in [-0.39, 0.29) is 18.0 Å². The van der Waals surface area contributed by atoms with E-state index in [1.807, 2.05) is 0 Å². The van der Waals surface area contributed by atoms with Crippen LogP contribution in [0.1, 0.15) is 47.7 Å². The number of ether oxygens (including phenoxy) is 1. The van der Waals surface area contributed by atoms with Crippen molar-refractivity contribution < 1.29 is 28.0 Å². The average Bonchev–Trinajstić information content (AvgIpc) is 3.75. The molecular weight excluding hydrogens is 636 g/mol. The molecule has 5 aromatic rings. The maximum absolute atomic E-state index is 15.3. The van der Waals surface area contributed by atoms with Crippen molar-refractivity contribution in [1.29, 1.82) is 5.26 Å². The monoisotopic (exact) mass is 664 g/mol. The molecule has 1 amide bonds. The molecule has 3 heterocycles. The molecule has 0 saturated carbocycles. The highest BCUT2D eigenvalue weighted by Gasteiger charge is 2.43. The normalized spacial score (nSPS) is 13.8. The summed E-state index contributed by atoms with van der Waals surface area (Å²) < 4.78 is 38.1. The molecule has 0 spiro atoms. The van der Waals surface area contributed by atoms with E-state index < -0.39 is 35.5 Å². The Morgan fingerprint density at radius 3 is 2.72 bits per heavy atom. The second-order valence-corrected chi connectivity index (χ2v) is 11.7.